The second-order valence-electron chi connectivity index (χ2n) is 7.67. The minimum Gasteiger partial charge on any atom is -0.497 e. The molecule has 1 aromatic heterocycles. The van der Waals surface area contributed by atoms with Gasteiger partial charge in [-0.2, -0.15) is 0 Å². The molecule has 0 aliphatic carbocycles. The van der Waals surface area contributed by atoms with Crippen molar-refractivity contribution in [3.8, 4) is 17.1 Å². The van der Waals surface area contributed by atoms with Gasteiger partial charge in [-0.05, 0) is 42.0 Å². The number of piperazine rings is 1. The minimum atomic E-state index is 0.131. The van der Waals surface area contributed by atoms with Gasteiger partial charge in [-0.25, -0.2) is 0 Å². The van der Waals surface area contributed by atoms with E-state index in [9.17, 15) is 4.79 Å². The fourth-order valence-electron chi connectivity index (χ4n) is 3.70. The highest BCUT2D eigenvalue weighted by molar-refractivity contribution is 7.99. The van der Waals surface area contributed by atoms with E-state index in [0.29, 0.717) is 5.75 Å². The zero-order valence-corrected chi connectivity index (χ0v) is 19.8. The molecule has 32 heavy (non-hydrogen) atoms. The molecule has 0 atom stereocenters. The Bertz CT molecular complexity index is 1060. The molecule has 0 spiro atoms. The first-order chi connectivity index (χ1) is 15.5. The van der Waals surface area contributed by atoms with Crippen LogP contribution in [0.2, 0.25) is 5.02 Å². The van der Waals surface area contributed by atoms with Crippen molar-refractivity contribution in [2.75, 3.05) is 39.0 Å². The van der Waals surface area contributed by atoms with Gasteiger partial charge in [0, 0.05) is 50.4 Å². The van der Waals surface area contributed by atoms with E-state index in [2.05, 4.69) is 21.2 Å². The van der Waals surface area contributed by atoms with Crippen molar-refractivity contribution < 1.29 is 9.53 Å². The molecule has 0 bridgehead atoms. The van der Waals surface area contributed by atoms with Crippen LogP contribution in [0, 0.1) is 0 Å². The normalized spacial score (nSPS) is 14.5. The number of hydrogen-bond acceptors (Lipinski definition) is 6. The zero-order valence-electron chi connectivity index (χ0n) is 18.2. The Labute approximate surface area is 197 Å². The van der Waals surface area contributed by atoms with Gasteiger partial charge in [0.1, 0.15) is 5.75 Å². The molecule has 2 aromatic carbocycles. The van der Waals surface area contributed by atoms with Crippen LogP contribution in [0.5, 0.6) is 5.75 Å². The maximum Gasteiger partial charge on any atom is 0.233 e. The van der Waals surface area contributed by atoms with E-state index in [4.69, 9.17) is 16.3 Å². The van der Waals surface area contributed by atoms with E-state index in [1.807, 2.05) is 59.0 Å². The van der Waals surface area contributed by atoms with Crippen LogP contribution in [0.25, 0.3) is 11.4 Å². The summed E-state index contributed by atoms with van der Waals surface area (Å²) in [4.78, 5) is 17.0. The fourth-order valence-corrected chi connectivity index (χ4v) is 4.73. The van der Waals surface area contributed by atoms with Crippen molar-refractivity contribution in [3.63, 3.8) is 0 Å². The Morgan fingerprint density at radius 3 is 2.53 bits per heavy atom. The Morgan fingerprint density at radius 1 is 1.09 bits per heavy atom. The Hall–Kier alpha value is -2.55. The van der Waals surface area contributed by atoms with Gasteiger partial charge in [-0.1, -0.05) is 35.5 Å². The van der Waals surface area contributed by atoms with E-state index in [1.165, 1.54) is 17.3 Å². The molecule has 1 amide bonds. The molecule has 9 heteroatoms. The Balaban J connectivity index is 1.27. The first-order valence-corrected chi connectivity index (χ1v) is 11.8. The molecule has 4 rings (SSSR count). The van der Waals surface area contributed by atoms with E-state index in [0.717, 1.165) is 60.0 Å². The lowest BCUT2D eigenvalue weighted by molar-refractivity contribution is -0.130. The standard InChI is InChI=1S/C23H26ClN5O2S/c1-27-22(18-6-8-20(31-2)9-7-18)25-26-23(27)32-16-21(30)29-12-10-28(11-13-29)15-17-4-3-5-19(24)14-17/h3-9,14H,10-13,15-16H2,1-2H3. The van der Waals surface area contributed by atoms with Gasteiger partial charge in [0.25, 0.3) is 0 Å². The summed E-state index contributed by atoms with van der Waals surface area (Å²) in [5.74, 6) is 2.04. The number of rotatable bonds is 7. The van der Waals surface area contributed by atoms with Crippen LogP contribution >= 0.6 is 23.4 Å². The fraction of sp³-hybridized carbons (Fsp3) is 0.348. The molecule has 1 saturated heterocycles. The lowest BCUT2D eigenvalue weighted by atomic mass is 10.2. The van der Waals surface area contributed by atoms with E-state index < -0.39 is 0 Å². The van der Waals surface area contributed by atoms with Crippen LogP contribution in [0.4, 0.5) is 0 Å². The summed E-state index contributed by atoms with van der Waals surface area (Å²) in [6, 6.07) is 15.6. The van der Waals surface area contributed by atoms with Crippen molar-refractivity contribution in [1.29, 1.82) is 0 Å². The number of ether oxygens (including phenoxy) is 1. The van der Waals surface area contributed by atoms with Crippen LogP contribution in [0.3, 0.4) is 0 Å². The van der Waals surface area contributed by atoms with Crippen molar-refractivity contribution in [3.05, 3.63) is 59.1 Å². The summed E-state index contributed by atoms with van der Waals surface area (Å²) < 4.78 is 7.13. The number of halogens is 1. The maximum absolute atomic E-state index is 12.7. The summed E-state index contributed by atoms with van der Waals surface area (Å²) in [6.45, 7) is 4.03. The predicted octanol–water partition coefficient (Wildman–Crippen LogP) is 3.58. The summed E-state index contributed by atoms with van der Waals surface area (Å²) in [6.07, 6.45) is 0. The van der Waals surface area contributed by atoms with Gasteiger partial charge in [-0.15, -0.1) is 10.2 Å². The van der Waals surface area contributed by atoms with Gasteiger partial charge in [0.15, 0.2) is 11.0 Å². The van der Waals surface area contributed by atoms with Crippen LogP contribution in [0.1, 0.15) is 5.56 Å². The third-order valence-electron chi connectivity index (χ3n) is 5.53. The smallest absolute Gasteiger partial charge is 0.233 e. The first kappa shape index (κ1) is 22.6. The van der Waals surface area contributed by atoms with Gasteiger partial charge < -0.3 is 14.2 Å². The topological polar surface area (TPSA) is 63.5 Å². The van der Waals surface area contributed by atoms with Gasteiger partial charge in [0.2, 0.25) is 5.91 Å². The van der Waals surface area contributed by atoms with Crippen LogP contribution < -0.4 is 4.74 Å². The highest BCUT2D eigenvalue weighted by atomic mass is 35.5. The lowest BCUT2D eigenvalue weighted by Gasteiger charge is -2.34. The molecular weight excluding hydrogens is 446 g/mol. The third-order valence-corrected chi connectivity index (χ3v) is 6.77. The number of nitrogens with zero attached hydrogens (tertiary/aromatic N) is 5. The number of hydrogen-bond donors (Lipinski definition) is 0. The molecule has 7 nitrogen and oxygen atoms in total. The second kappa shape index (κ2) is 10.4. The maximum atomic E-state index is 12.7. The molecular formula is C23H26ClN5O2S. The largest absolute Gasteiger partial charge is 0.497 e. The Morgan fingerprint density at radius 2 is 1.84 bits per heavy atom. The van der Waals surface area contributed by atoms with Crippen LogP contribution in [-0.2, 0) is 18.4 Å². The molecule has 2 heterocycles. The molecule has 0 N–H and O–H groups in total. The number of thioether (sulfide) groups is 1. The van der Waals surface area contributed by atoms with Crippen LogP contribution in [-0.4, -0.2) is 69.5 Å². The molecule has 0 radical (unpaired) electrons. The summed E-state index contributed by atoms with van der Waals surface area (Å²) in [7, 11) is 3.56. The number of amides is 1. The molecule has 1 fully saturated rings. The molecule has 0 saturated carbocycles. The highest BCUT2D eigenvalue weighted by Gasteiger charge is 2.22. The average Bonchev–Trinajstić information content (AvgIpc) is 3.18. The Kier molecular flexibility index (Phi) is 7.34. The van der Waals surface area contributed by atoms with Gasteiger partial charge in [0.05, 0.1) is 12.9 Å². The summed E-state index contributed by atoms with van der Waals surface area (Å²) in [5, 5.41) is 10.1. The molecule has 3 aromatic rings. The molecule has 1 aliphatic heterocycles. The quantitative estimate of drug-likeness (QED) is 0.491. The van der Waals surface area contributed by atoms with Gasteiger partial charge >= 0.3 is 0 Å². The lowest BCUT2D eigenvalue weighted by Crippen LogP contribution is -2.48. The zero-order chi connectivity index (χ0) is 22.5. The molecule has 0 unspecified atom stereocenters. The van der Waals surface area contributed by atoms with Crippen molar-refractivity contribution in [1.82, 2.24) is 24.6 Å². The number of methoxy groups -OCH3 is 1. The monoisotopic (exact) mass is 471 g/mol. The second-order valence-corrected chi connectivity index (χ2v) is 9.05. The SMILES string of the molecule is COc1ccc(-c2nnc(SCC(=O)N3CCN(Cc4cccc(Cl)c4)CC3)n2C)cc1. The number of carbonyl (C=O) groups excluding carboxylic acids is 1. The van der Waals surface area contributed by atoms with Crippen LogP contribution in [0.15, 0.2) is 53.7 Å². The molecule has 168 valence electrons. The van der Waals surface area contributed by atoms with Gasteiger partial charge in [-0.3, -0.25) is 9.69 Å². The minimum absolute atomic E-state index is 0.131. The predicted molar refractivity (Wildman–Crippen MR) is 127 cm³/mol. The number of carbonyl (C=O) groups is 1. The van der Waals surface area contributed by atoms with E-state index in [-0.39, 0.29) is 5.91 Å². The summed E-state index contributed by atoms with van der Waals surface area (Å²) >= 11 is 7.50. The number of aromatic nitrogens is 3. The van der Waals surface area contributed by atoms with Crippen molar-refractivity contribution in [2.24, 2.45) is 7.05 Å². The summed E-state index contributed by atoms with van der Waals surface area (Å²) in [5.41, 5.74) is 2.15. The average molecular weight is 472 g/mol. The number of benzene rings is 2. The van der Waals surface area contributed by atoms with Crippen molar-refractivity contribution in [2.45, 2.75) is 11.7 Å². The first-order valence-electron chi connectivity index (χ1n) is 10.4. The molecule has 1 aliphatic rings. The highest BCUT2D eigenvalue weighted by Crippen LogP contribution is 2.25. The van der Waals surface area contributed by atoms with E-state index in [1.54, 1.807) is 7.11 Å². The third kappa shape index (κ3) is 5.43. The van der Waals surface area contributed by atoms with E-state index >= 15 is 0 Å². The van der Waals surface area contributed by atoms with Crippen molar-refractivity contribution >= 4 is 29.3 Å².